The summed E-state index contributed by atoms with van der Waals surface area (Å²) in [5.41, 5.74) is 2.99. The topological polar surface area (TPSA) is 73.1 Å². The van der Waals surface area contributed by atoms with Crippen LogP contribution in [0.2, 0.25) is 0 Å². The van der Waals surface area contributed by atoms with E-state index in [-0.39, 0.29) is 17.6 Å². The van der Waals surface area contributed by atoms with Crippen LogP contribution in [0.5, 0.6) is 11.6 Å². The van der Waals surface area contributed by atoms with Gasteiger partial charge in [0.25, 0.3) is 0 Å². The molecule has 2 rings (SSSR count). The number of hydrogen-bond donors (Lipinski definition) is 2. The van der Waals surface area contributed by atoms with Crippen LogP contribution in [0.25, 0.3) is 0 Å². The SMILES string of the molecule is Cc1cnc(NN)nc1Oc1ccccc1F. The number of nitrogens with one attached hydrogen (secondary N) is 1. The molecule has 0 unspecified atom stereocenters. The van der Waals surface area contributed by atoms with E-state index in [1.54, 1.807) is 25.3 Å². The summed E-state index contributed by atoms with van der Waals surface area (Å²) < 4.78 is 18.7. The van der Waals surface area contributed by atoms with E-state index in [0.29, 0.717) is 5.56 Å². The largest absolute Gasteiger partial charge is 0.435 e. The third kappa shape index (κ3) is 2.48. The molecule has 2 aromatic rings. The van der Waals surface area contributed by atoms with E-state index < -0.39 is 5.82 Å². The molecule has 88 valence electrons. The number of aryl methyl sites for hydroxylation is 1. The molecule has 0 bridgehead atoms. The molecule has 6 heteroatoms. The minimum absolute atomic E-state index is 0.109. The fraction of sp³-hybridized carbons (Fsp3) is 0.0909. The number of hydrazine groups is 1. The molecule has 0 saturated heterocycles. The molecule has 1 heterocycles. The van der Waals surface area contributed by atoms with Crippen LogP contribution in [0.1, 0.15) is 5.56 Å². The Balaban J connectivity index is 2.32. The van der Waals surface area contributed by atoms with Gasteiger partial charge in [-0.1, -0.05) is 12.1 Å². The first kappa shape index (κ1) is 11.3. The van der Waals surface area contributed by atoms with Crippen molar-refractivity contribution in [3.05, 3.63) is 41.8 Å². The number of ether oxygens (including phenoxy) is 1. The molecule has 3 N–H and O–H groups in total. The van der Waals surface area contributed by atoms with E-state index in [4.69, 9.17) is 10.6 Å². The predicted octanol–water partition coefficient (Wildman–Crippen LogP) is 2.00. The lowest BCUT2D eigenvalue weighted by atomic mass is 10.3. The second kappa shape index (κ2) is 4.75. The molecule has 0 fully saturated rings. The molecule has 0 aliphatic carbocycles. The number of nitrogen functional groups attached to an aromatic ring is 1. The zero-order valence-corrected chi connectivity index (χ0v) is 9.14. The third-order valence-corrected chi connectivity index (χ3v) is 2.10. The monoisotopic (exact) mass is 234 g/mol. The van der Waals surface area contributed by atoms with E-state index in [9.17, 15) is 4.39 Å². The van der Waals surface area contributed by atoms with Crippen LogP contribution in [0.4, 0.5) is 10.3 Å². The van der Waals surface area contributed by atoms with Gasteiger partial charge in [0, 0.05) is 11.8 Å². The third-order valence-electron chi connectivity index (χ3n) is 2.10. The van der Waals surface area contributed by atoms with Crippen LogP contribution in [-0.4, -0.2) is 9.97 Å². The Morgan fingerprint density at radius 3 is 2.82 bits per heavy atom. The highest BCUT2D eigenvalue weighted by molar-refractivity contribution is 5.35. The zero-order chi connectivity index (χ0) is 12.3. The Morgan fingerprint density at radius 2 is 2.12 bits per heavy atom. The maximum atomic E-state index is 13.4. The van der Waals surface area contributed by atoms with Crippen LogP contribution in [0, 0.1) is 12.7 Å². The van der Waals surface area contributed by atoms with Crippen LogP contribution >= 0.6 is 0 Å². The van der Waals surface area contributed by atoms with Crippen molar-refractivity contribution in [1.29, 1.82) is 0 Å². The van der Waals surface area contributed by atoms with Crippen molar-refractivity contribution >= 4 is 5.95 Å². The molecule has 1 aromatic heterocycles. The van der Waals surface area contributed by atoms with Crippen molar-refractivity contribution in [1.82, 2.24) is 9.97 Å². The molecule has 0 saturated carbocycles. The van der Waals surface area contributed by atoms with E-state index >= 15 is 0 Å². The summed E-state index contributed by atoms with van der Waals surface area (Å²) in [5, 5.41) is 0. The lowest BCUT2D eigenvalue weighted by molar-refractivity contribution is 0.424. The number of rotatable bonds is 3. The predicted molar refractivity (Wildman–Crippen MR) is 61.1 cm³/mol. The number of benzene rings is 1. The van der Waals surface area contributed by atoms with Crippen molar-refractivity contribution in [3.63, 3.8) is 0 Å². The molecule has 17 heavy (non-hydrogen) atoms. The highest BCUT2D eigenvalue weighted by Crippen LogP contribution is 2.25. The average Bonchev–Trinajstić information content (AvgIpc) is 2.35. The quantitative estimate of drug-likeness (QED) is 0.627. The fourth-order valence-electron chi connectivity index (χ4n) is 1.23. The molecular weight excluding hydrogens is 223 g/mol. The summed E-state index contributed by atoms with van der Waals surface area (Å²) in [5.74, 6) is 5.32. The second-order valence-corrected chi connectivity index (χ2v) is 3.36. The maximum Gasteiger partial charge on any atom is 0.240 e. The van der Waals surface area contributed by atoms with Gasteiger partial charge in [-0.2, -0.15) is 4.98 Å². The van der Waals surface area contributed by atoms with Gasteiger partial charge in [-0.25, -0.2) is 15.2 Å². The molecule has 1 aromatic carbocycles. The zero-order valence-electron chi connectivity index (χ0n) is 9.14. The van der Waals surface area contributed by atoms with E-state index in [0.717, 1.165) is 0 Å². The highest BCUT2D eigenvalue weighted by atomic mass is 19.1. The van der Waals surface area contributed by atoms with Gasteiger partial charge in [0.2, 0.25) is 11.8 Å². The fourth-order valence-corrected chi connectivity index (χ4v) is 1.23. The van der Waals surface area contributed by atoms with Gasteiger partial charge in [0.15, 0.2) is 11.6 Å². The molecule has 0 aliphatic rings. The Labute approximate surface area is 97.4 Å². The molecule has 0 atom stereocenters. The van der Waals surface area contributed by atoms with Gasteiger partial charge in [-0.05, 0) is 19.1 Å². The summed E-state index contributed by atoms with van der Waals surface area (Å²) in [6.07, 6.45) is 1.54. The maximum absolute atomic E-state index is 13.4. The Kier molecular flexibility index (Phi) is 3.15. The number of nitrogens with two attached hydrogens (primary N) is 1. The summed E-state index contributed by atoms with van der Waals surface area (Å²) in [6.45, 7) is 1.76. The first-order chi connectivity index (χ1) is 8.20. The van der Waals surface area contributed by atoms with E-state index in [1.165, 1.54) is 12.1 Å². The second-order valence-electron chi connectivity index (χ2n) is 3.36. The lowest BCUT2D eigenvalue weighted by Gasteiger charge is -2.08. The number of anilines is 1. The number of para-hydroxylation sites is 1. The molecular formula is C11H11FN4O. The number of nitrogens with zero attached hydrogens (tertiary/aromatic N) is 2. The Morgan fingerprint density at radius 1 is 1.35 bits per heavy atom. The van der Waals surface area contributed by atoms with Gasteiger partial charge >= 0.3 is 0 Å². The van der Waals surface area contributed by atoms with E-state index in [2.05, 4.69) is 15.4 Å². The average molecular weight is 234 g/mol. The van der Waals surface area contributed by atoms with Crippen LogP contribution < -0.4 is 16.0 Å². The standard InChI is InChI=1S/C11H11FN4O/c1-7-6-14-11(16-13)15-10(7)17-9-5-3-2-4-8(9)12/h2-6H,13H2,1H3,(H,14,15,16). The summed E-state index contributed by atoms with van der Waals surface area (Å²) in [7, 11) is 0. The number of halogens is 1. The Hall–Kier alpha value is -2.21. The summed E-state index contributed by atoms with van der Waals surface area (Å²) in [4.78, 5) is 7.89. The van der Waals surface area contributed by atoms with Crippen LogP contribution in [0.15, 0.2) is 30.5 Å². The van der Waals surface area contributed by atoms with Gasteiger partial charge in [-0.15, -0.1) is 0 Å². The summed E-state index contributed by atoms with van der Waals surface area (Å²) in [6, 6.07) is 6.10. The van der Waals surface area contributed by atoms with Gasteiger partial charge in [0.05, 0.1) is 0 Å². The minimum Gasteiger partial charge on any atom is -0.435 e. The van der Waals surface area contributed by atoms with Crippen LogP contribution in [-0.2, 0) is 0 Å². The van der Waals surface area contributed by atoms with Crippen molar-refractivity contribution in [2.75, 3.05) is 5.43 Å². The van der Waals surface area contributed by atoms with Crippen LogP contribution in [0.3, 0.4) is 0 Å². The molecule has 0 radical (unpaired) electrons. The van der Waals surface area contributed by atoms with Crippen molar-refractivity contribution in [3.8, 4) is 11.6 Å². The Bertz CT molecular complexity index is 533. The lowest BCUT2D eigenvalue weighted by Crippen LogP contribution is -2.11. The first-order valence-electron chi connectivity index (χ1n) is 4.93. The molecule has 5 nitrogen and oxygen atoms in total. The normalized spacial score (nSPS) is 10.1. The minimum atomic E-state index is -0.451. The number of aromatic nitrogens is 2. The van der Waals surface area contributed by atoms with Gasteiger partial charge in [0.1, 0.15) is 0 Å². The van der Waals surface area contributed by atoms with Crippen molar-refractivity contribution in [2.45, 2.75) is 6.92 Å². The molecule has 0 spiro atoms. The van der Waals surface area contributed by atoms with Gasteiger partial charge in [-0.3, -0.25) is 5.43 Å². The van der Waals surface area contributed by atoms with Crippen molar-refractivity contribution in [2.24, 2.45) is 5.84 Å². The molecule has 0 aliphatic heterocycles. The number of hydrogen-bond acceptors (Lipinski definition) is 5. The van der Waals surface area contributed by atoms with E-state index in [1.807, 2.05) is 0 Å². The first-order valence-corrected chi connectivity index (χ1v) is 4.93. The summed E-state index contributed by atoms with van der Waals surface area (Å²) >= 11 is 0. The highest BCUT2D eigenvalue weighted by Gasteiger charge is 2.08. The molecule has 0 amide bonds. The van der Waals surface area contributed by atoms with Crippen molar-refractivity contribution < 1.29 is 9.13 Å². The smallest absolute Gasteiger partial charge is 0.240 e. The van der Waals surface area contributed by atoms with Gasteiger partial charge < -0.3 is 4.74 Å².